The molecule has 0 unspecified atom stereocenters. The van der Waals surface area contributed by atoms with Crippen molar-refractivity contribution < 1.29 is 9.90 Å². The highest BCUT2D eigenvalue weighted by Crippen LogP contribution is 2.22. The van der Waals surface area contributed by atoms with E-state index in [2.05, 4.69) is 11.9 Å². The number of hydrogen-bond acceptors (Lipinski definition) is 4. The van der Waals surface area contributed by atoms with Crippen molar-refractivity contribution >= 4 is 34.6 Å². The molecule has 0 saturated carbocycles. The van der Waals surface area contributed by atoms with Crippen molar-refractivity contribution in [3.8, 4) is 0 Å². The molecule has 0 saturated heterocycles. The van der Waals surface area contributed by atoms with E-state index in [1.54, 1.807) is 28.4 Å². The molecular weight excluding hydrogens is 296 g/mol. The molecule has 20 heavy (non-hydrogen) atoms. The summed E-state index contributed by atoms with van der Waals surface area (Å²) in [5.41, 5.74) is 1.67. The Morgan fingerprint density at radius 2 is 2.30 bits per heavy atom. The second kappa shape index (κ2) is 6.72. The summed E-state index contributed by atoms with van der Waals surface area (Å²) >= 11 is 7.56. The molecule has 0 bridgehead atoms. The molecule has 0 atom stereocenters. The second-order valence-electron chi connectivity index (χ2n) is 4.32. The molecule has 2 rings (SSSR count). The Balaban J connectivity index is 2.21. The number of aryl methyl sites for hydroxylation is 1. The topological polar surface area (TPSA) is 53.4 Å². The van der Waals surface area contributed by atoms with Crippen molar-refractivity contribution in [3.05, 3.63) is 45.4 Å². The monoisotopic (exact) mass is 310 g/mol. The lowest BCUT2D eigenvalue weighted by atomic mass is 10.2. The van der Waals surface area contributed by atoms with Gasteiger partial charge in [-0.05, 0) is 24.6 Å². The zero-order valence-corrected chi connectivity index (χ0v) is 12.6. The minimum atomic E-state index is -0.879. The van der Waals surface area contributed by atoms with Crippen molar-refractivity contribution in [2.45, 2.75) is 19.9 Å². The van der Waals surface area contributed by atoms with Crippen LogP contribution in [0.1, 0.15) is 17.6 Å². The van der Waals surface area contributed by atoms with E-state index in [-0.39, 0.29) is 6.54 Å². The summed E-state index contributed by atoms with van der Waals surface area (Å²) in [4.78, 5) is 17.3. The van der Waals surface area contributed by atoms with E-state index in [0.29, 0.717) is 11.6 Å². The maximum atomic E-state index is 11.0. The third-order valence-corrected chi connectivity index (χ3v) is 4.03. The number of hydrogen-bond donors (Lipinski definition) is 1. The van der Waals surface area contributed by atoms with Gasteiger partial charge in [-0.1, -0.05) is 24.6 Å². The lowest BCUT2D eigenvalue weighted by Crippen LogP contribution is -2.29. The molecule has 6 heteroatoms. The molecule has 0 radical (unpaired) electrons. The van der Waals surface area contributed by atoms with Crippen molar-refractivity contribution in [1.82, 2.24) is 4.98 Å². The number of thiazole rings is 1. The van der Waals surface area contributed by atoms with Crippen LogP contribution in [0.25, 0.3) is 0 Å². The van der Waals surface area contributed by atoms with Gasteiger partial charge in [0.1, 0.15) is 6.54 Å². The fourth-order valence-electron chi connectivity index (χ4n) is 1.85. The number of aliphatic carboxylic acids is 1. The molecule has 0 aliphatic heterocycles. The van der Waals surface area contributed by atoms with E-state index in [1.807, 2.05) is 17.5 Å². The van der Waals surface area contributed by atoms with E-state index in [1.165, 1.54) is 0 Å². The Morgan fingerprint density at radius 3 is 2.90 bits per heavy atom. The molecule has 0 fully saturated rings. The van der Waals surface area contributed by atoms with E-state index < -0.39 is 5.97 Å². The minimum Gasteiger partial charge on any atom is -0.480 e. The Labute approximate surface area is 126 Å². The van der Waals surface area contributed by atoms with Gasteiger partial charge in [-0.2, -0.15) is 0 Å². The van der Waals surface area contributed by atoms with Gasteiger partial charge in [-0.25, -0.2) is 4.98 Å². The first-order chi connectivity index (χ1) is 9.58. The number of carboxylic acid groups (broad SMARTS) is 1. The highest BCUT2D eigenvalue weighted by Gasteiger charge is 2.13. The third kappa shape index (κ3) is 3.95. The first kappa shape index (κ1) is 14.8. The van der Waals surface area contributed by atoms with Crippen LogP contribution >= 0.6 is 22.9 Å². The van der Waals surface area contributed by atoms with Crippen LogP contribution in [0.4, 0.5) is 5.69 Å². The maximum Gasteiger partial charge on any atom is 0.323 e. The predicted octanol–water partition coefficient (Wildman–Crippen LogP) is 3.45. The normalized spacial score (nSPS) is 10.5. The Hall–Kier alpha value is -1.59. The van der Waals surface area contributed by atoms with Gasteiger partial charge in [0.25, 0.3) is 0 Å². The van der Waals surface area contributed by atoms with Gasteiger partial charge in [-0.3, -0.25) is 4.79 Å². The average Bonchev–Trinajstić information content (AvgIpc) is 2.85. The summed E-state index contributed by atoms with van der Waals surface area (Å²) in [7, 11) is 0. The number of benzene rings is 1. The van der Waals surface area contributed by atoms with Crippen LogP contribution in [0.15, 0.2) is 29.6 Å². The van der Waals surface area contributed by atoms with Gasteiger partial charge in [0, 0.05) is 16.1 Å². The standard InChI is InChI=1S/C14H15ClN2O2S/c1-2-13-16-11(9-20-13)7-17(8-14(18)19)12-5-3-4-10(15)6-12/h3-6,9H,2,7-8H2,1H3,(H,18,19). The number of anilines is 1. The SMILES string of the molecule is CCc1nc(CN(CC(=O)O)c2cccc(Cl)c2)cs1. The smallest absolute Gasteiger partial charge is 0.323 e. The highest BCUT2D eigenvalue weighted by molar-refractivity contribution is 7.09. The summed E-state index contributed by atoms with van der Waals surface area (Å²) in [6, 6.07) is 7.19. The summed E-state index contributed by atoms with van der Waals surface area (Å²) in [6.45, 7) is 2.43. The summed E-state index contributed by atoms with van der Waals surface area (Å²) in [5.74, 6) is -0.879. The van der Waals surface area contributed by atoms with Gasteiger partial charge in [0.05, 0.1) is 17.2 Å². The van der Waals surface area contributed by atoms with Crippen LogP contribution in [0.5, 0.6) is 0 Å². The summed E-state index contributed by atoms with van der Waals surface area (Å²) in [5, 5.41) is 12.7. The van der Waals surface area contributed by atoms with Gasteiger partial charge in [0.2, 0.25) is 0 Å². The maximum absolute atomic E-state index is 11.0. The molecular formula is C14H15ClN2O2S. The van der Waals surface area contributed by atoms with Crippen molar-refractivity contribution in [2.75, 3.05) is 11.4 Å². The number of aromatic nitrogens is 1. The van der Waals surface area contributed by atoms with Crippen LogP contribution in [0.3, 0.4) is 0 Å². The molecule has 0 spiro atoms. The number of rotatable bonds is 6. The molecule has 0 aliphatic rings. The molecule has 2 aromatic rings. The zero-order chi connectivity index (χ0) is 14.5. The average molecular weight is 311 g/mol. The second-order valence-corrected chi connectivity index (χ2v) is 5.69. The zero-order valence-electron chi connectivity index (χ0n) is 11.0. The van der Waals surface area contributed by atoms with Crippen LogP contribution < -0.4 is 4.90 Å². The van der Waals surface area contributed by atoms with Gasteiger partial charge in [-0.15, -0.1) is 11.3 Å². The molecule has 4 nitrogen and oxygen atoms in total. The molecule has 0 amide bonds. The Bertz CT molecular complexity index is 600. The van der Waals surface area contributed by atoms with Gasteiger partial charge < -0.3 is 10.0 Å². The van der Waals surface area contributed by atoms with Crippen LogP contribution in [-0.4, -0.2) is 22.6 Å². The molecule has 0 aliphatic carbocycles. The number of nitrogens with zero attached hydrogens (tertiary/aromatic N) is 2. The first-order valence-corrected chi connectivity index (χ1v) is 7.50. The van der Waals surface area contributed by atoms with E-state index in [0.717, 1.165) is 22.8 Å². The minimum absolute atomic E-state index is 0.0840. The van der Waals surface area contributed by atoms with Crippen LogP contribution in [0.2, 0.25) is 5.02 Å². The van der Waals surface area contributed by atoms with Crippen molar-refractivity contribution in [3.63, 3.8) is 0 Å². The Kier molecular flexibility index (Phi) is 4.98. The van der Waals surface area contributed by atoms with Crippen LogP contribution in [-0.2, 0) is 17.8 Å². The fraction of sp³-hybridized carbons (Fsp3) is 0.286. The number of carbonyl (C=O) groups is 1. The number of halogens is 1. The van der Waals surface area contributed by atoms with Crippen molar-refractivity contribution in [2.24, 2.45) is 0 Å². The molecule has 1 N–H and O–H groups in total. The van der Waals surface area contributed by atoms with Crippen molar-refractivity contribution in [1.29, 1.82) is 0 Å². The van der Waals surface area contributed by atoms with Gasteiger partial charge >= 0.3 is 5.97 Å². The van der Waals surface area contributed by atoms with E-state index in [9.17, 15) is 4.79 Å². The predicted molar refractivity (Wildman–Crippen MR) is 81.6 cm³/mol. The lowest BCUT2D eigenvalue weighted by Gasteiger charge is -2.22. The van der Waals surface area contributed by atoms with Gasteiger partial charge in [0.15, 0.2) is 0 Å². The highest BCUT2D eigenvalue weighted by atomic mass is 35.5. The quantitative estimate of drug-likeness (QED) is 0.888. The fourth-order valence-corrected chi connectivity index (χ4v) is 2.77. The molecule has 106 valence electrons. The molecule has 1 aromatic heterocycles. The molecule has 1 heterocycles. The van der Waals surface area contributed by atoms with E-state index >= 15 is 0 Å². The summed E-state index contributed by atoms with van der Waals surface area (Å²) in [6.07, 6.45) is 0.890. The third-order valence-electron chi connectivity index (χ3n) is 2.75. The van der Waals surface area contributed by atoms with E-state index in [4.69, 9.17) is 16.7 Å². The number of carboxylic acids is 1. The molecule has 1 aromatic carbocycles. The summed E-state index contributed by atoms with van der Waals surface area (Å²) < 4.78 is 0. The van der Waals surface area contributed by atoms with Crippen LogP contribution in [0, 0.1) is 0 Å². The first-order valence-electron chi connectivity index (χ1n) is 6.24. The largest absolute Gasteiger partial charge is 0.480 e. The Morgan fingerprint density at radius 1 is 1.50 bits per heavy atom. The lowest BCUT2D eigenvalue weighted by molar-refractivity contribution is -0.135.